The summed E-state index contributed by atoms with van der Waals surface area (Å²) in [6, 6.07) is 2.08. The molecule has 1 aliphatic rings. The van der Waals surface area contributed by atoms with Crippen LogP contribution in [0.15, 0.2) is 22.2 Å². The van der Waals surface area contributed by atoms with E-state index in [1.165, 1.54) is 11.8 Å². The van der Waals surface area contributed by atoms with Crippen LogP contribution in [0.3, 0.4) is 0 Å². The van der Waals surface area contributed by atoms with Crippen LogP contribution in [0.25, 0.3) is 11.0 Å². The van der Waals surface area contributed by atoms with E-state index in [2.05, 4.69) is 58.0 Å². The molecule has 174 valence electrons. The topological polar surface area (TPSA) is 73.8 Å². The van der Waals surface area contributed by atoms with Crippen LogP contribution in [0, 0.1) is 11.5 Å². The standard InChI is InChI=1S/C25H38N4OSSi/c1-16(2)32(17(3)4,18(5)6)13-12-19-14-23(30)29(21-10-8-20(26)9-11-21)24-22(19)15-27-25(28-24)31-7/h14-18,20-21H,8-11,26H2,1-7H3. The Balaban J connectivity index is 2.22. The zero-order valence-electron chi connectivity index (χ0n) is 20.6. The molecule has 0 atom stereocenters. The van der Waals surface area contributed by atoms with Gasteiger partial charge in [-0.3, -0.25) is 9.36 Å². The number of nitrogens with two attached hydrogens (primary N) is 1. The highest BCUT2D eigenvalue weighted by Gasteiger charge is 2.41. The number of nitrogens with zero attached hydrogens (tertiary/aromatic N) is 3. The van der Waals surface area contributed by atoms with Gasteiger partial charge in [-0.05, 0) is 48.6 Å². The van der Waals surface area contributed by atoms with Crippen molar-refractivity contribution in [1.29, 1.82) is 0 Å². The summed E-state index contributed by atoms with van der Waals surface area (Å²) in [5.41, 5.74) is 13.0. The lowest BCUT2D eigenvalue weighted by Gasteiger charge is -2.38. The second-order valence-electron chi connectivity index (χ2n) is 10.1. The molecular weight excluding hydrogens is 432 g/mol. The van der Waals surface area contributed by atoms with Crippen molar-refractivity contribution in [2.75, 3.05) is 6.26 Å². The molecule has 1 aliphatic carbocycles. The summed E-state index contributed by atoms with van der Waals surface area (Å²) in [5, 5.41) is 1.56. The molecule has 0 aromatic carbocycles. The van der Waals surface area contributed by atoms with Gasteiger partial charge in [0.15, 0.2) is 5.16 Å². The normalized spacial score (nSPS) is 19.6. The third-order valence-corrected chi connectivity index (χ3v) is 14.2. The Kier molecular flexibility index (Phi) is 7.90. The maximum Gasteiger partial charge on any atom is 0.253 e. The number of aromatic nitrogens is 3. The lowest BCUT2D eigenvalue weighted by Crippen LogP contribution is -2.43. The fourth-order valence-electron chi connectivity index (χ4n) is 5.63. The molecule has 2 N–H and O–H groups in total. The van der Waals surface area contributed by atoms with E-state index in [0.29, 0.717) is 27.4 Å². The van der Waals surface area contributed by atoms with Gasteiger partial charge in [0.25, 0.3) is 5.56 Å². The smallest absolute Gasteiger partial charge is 0.253 e. The van der Waals surface area contributed by atoms with Crippen molar-refractivity contribution in [1.82, 2.24) is 14.5 Å². The maximum atomic E-state index is 13.4. The minimum absolute atomic E-state index is 0.0149. The summed E-state index contributed by atoms with van der Waals surface area (Å²) >= 11 is 1.49. The van der Waals surface area contributed by atoms with E-state index in [1.54, 1.807) is 6.07 Å². The Bertz CT molecular complexity index is 1050. The average Bonchev–Trinajstić information content (AvgIpc) is 2.74. The summed E-state index contributed by atoms with van der Waals surface area (Å²) in [7, 11) is -1.92. The van der Waals surface area contributed by atoms with Crippen LogP contribution in [-0.4, -0.2) is 34.9 Å². The molecule has 2 heterocycles. The molecule has 2 aromatic rings. The van der Waals surface area contributed by atoms with Gasteiger partial charge in [0.05, 0.1) is 5.39 Å². The van der Waals surface area contributed by atoms with Gasteiger partial charge in [0.2, 0.25) is 0 Å². The molecule has 1 fully saturated rings. The Morgan fingerprint density at radius 2 is 1.69 bits per heavy atom. The van der Waals surface area contributed by atoms with Gasteiger partial charge in [-0.25, -0.2) is 9.97 Å². The zero-order valence-corrected chi connectivity index (χ0v) is 22.4. The molecule has 0 bridgehead atoms. The van der Waals surface area contributed by atoms with Crippen LogP contribution >= 0.6 is 11.8 Å². The lowest BCUT2D eigenvalue weighted by atomic mass is 9.91. The van der Waals surface area contributed by atoms with Crippen LogP contribution in [0.2, 0.25) is 16.6 Å². The van der Waals surface area contributed by atoms with E-state index < -0.39 is 8.07 Å². The van der Waals surface area contributed by atoms with Crippen LogP contribution < -0.4 is 11.3 Å². The molecule has 7 heteroatoms. The van der Waals surface area contributed by atoms with Crippen LogP contribution in [0.1, 0.15) is 78.8 Å². The highest BCUT2D eigenvalue weighted by atomic mass is 32.2. The van der Waals surface area contributed by atoms with Gasteiger partial charge < -0.3 is 5.73 Å². The first kappa shape index (κ1) is 25.0. The molecule has 32 heavy (non-hydrogen) atoms. The van der Waals surface area contributed by atoms with E-state index in [9.17, 15) is 4.79 Å². The summed E-state index contributed by atoms with van der Waals surface area (Å²) < 4.78 is 1.88. The summed E-state index contributed by atoms with van der Waals surface area (Å²) in [6.45, 7) is 13.8. The number of thioether (sulfide) groups is 1. The Morgan fingerprint density at radius 1 is 1.09 bits per heavy atom. The SMILES string of the molecule is CSc1ncc2c(C#C[Si](C(C)C)(C(C)C)C(C)C)cc(=O)n(C3CCC(N)CC3)c2n1. The van der Waals surface area contributed by atoms with Gasteiger partial charge in [0.1, 0.15) is 13.7 Å². The Labute approximate surface area is 198 Å². The van der Waals surface area contributed by atoms with E-state index >= 15 is 0 Å². The number of hydrogen-bond acceptors (Lipinski definition) is 5. The highest BCUT2D eigenvalue weighted by Crippen LogP contribution is 2.41. The number of hydrogen-bond donors (Lipinski definition) is 1. The molecule has 0 spiro atoms. The Hall–Kier alpha value is -1.62. The lowest BCUT2D eigenvalue weighted by molar-refractivity contribution is 0.323. The van der Waals surface area contributed by atoms with Crippen molar-refractivity contribution in [3.8, 4) is 11.5 Å². The summed E-state index contributed by atoms with van der Waals surface area (Å²) in [6.07, 6.45) is 7.50. The third-order valence-electron chi connectivity index (χ3n) is 7.34. The van der Waals surface area contributed by atoms with E-state index in [1.807, 2.05) is 17.0 Å². The first-order valence-electron chi connectivity index (χ1n) is 11.9. The fraction of sp³-hybridized carbons (Fsp3) is 0.640. The van der Waals surface area contributed by atoms with Crippen LogP contribution in [0.5, 0.6) is 0 Å². The van der Waals surface area contributed by atoms with Gasteiger partial charge in [-0.1, -0.05) is 59.2 Å². The van der Waals surface area contributed by atoms with Crippen molar-refractivity contribution >= 4 is 30.9 Å². The molecule has 0 radical (unpaired) electrons. The summed E-state index contributed by atoms with van der Waals surface area (Å²) in [5.74, 6) is 3.48. The molecule has 3 rings (SSSR count). The van der Waals surface area contributed by atoms with Crippen molar-refractivity contribution in [2.24, 2.45) is 5.73 Å². The van der Waals surface area contributed by atoms with Crippen molar-refractivity contribution in [3.63, 3.8) is 0 Å². The predicted molar refractivity (Wildman–Crippen MR) is 139 cm³/mol. The molecule has 0 aliphatic heterocycles. The van der Waals surface area contributed by atoms with E-state index in [-0.39, 0.29) is 17.6 Å². The predicted octanol–water partition coefficient (Wildman–Crippen LogP) is 5.53. The minimum atomic E-state index is -1.92. The first-order chi connectivity index (χ1) is 15.1. The first-order valence-corrected chi connectivity index (χ1v) is 15.3. The van der Waals surface area contributed by atoms with Gasteiger partial charge in [0, 0.05) is 29.9 Å². The van der Waals surface area contributed by atoms with E-state index in [0.717, 1.165) is 36.6 Å². The van der Waals surface area contributed by atoms with Crippen molar-refractivity contribution in [3.05, 3.63) is 28.2 Å². The van der Waals surface area contributed by atoms with Crippen molar-refractivity contribution in [2.45, 2.75) is 101 Å². The third kappa shape index (κ3) is 4.69. The van der Waals surface area contributed by atoms with Gasteiger partial charge in [-0.2, -0.15) is 0 Å². The van der Waals surface area contributed by atoms with Crippen LogP contribution in [-0.2, 0) is 0 Å². The molecule has 0 saturated heterocycles. The largest absolute Gasteiger partial charge is 0.328 e. The van der Waals surface area contributed by atoms with Gasteiger partial charge >= 0.3 is 0 Å². The quantitative estimate of drug-likeness (QED) is 0.269. The molecule has 5 nitrogen and oxygen atoms in total. The van der Waals surface area contributed by atoms with Crippen molar-refractivity contribution < 1.29 is 0 Å². The molecule has 0 unspecified atom stereocenters. The Morgan fingerprint density at radius 3 is 2.22 bits per heavy atom. The number of rotatable bonds is 5. The highest BCUT2D eigenvalue weighted by molar-refractivity contribution is 7.98. The maximum absolute atomic E-state index is 13.4. The average molecular weight is 471 g/mol. The van der Waals surface area contributed by atoms with Crippen LogP contribution in [0.4, 0.5) is 0 Å². The number of fused-ring (bicyclic) bond motifs is 1. The molecule has 1 saturated carbocycles. The summed E-state index contributed by atoms with van der Waals surface area (Å²) in [4.78, 5) is 22.7. The van der Waals surface area contributed by atoms with Gasteiger partial charge in [-0.15, -0.1) is 5.54 Å². The second kappa shape index (κ2) is 10.1. The second-order valence-corrected chi connectivity index (χ2v) is 16.4. The fourth-order valence-corrected chi connectivity index (χ4v) is 11.2. The minimum Gasteiger partial charge on any atom is -0.328 e. The monoisotopic (exact) mass is 470 g/mol. The molecular formula is C25H38N4OSSi. The molecule has 2 aromatic heterocycles. The number of pyridine rings is 1. The van der Waals surface area contributed by atoms with E-state index in [4.69, 9.17) is 10.7 Å². The zero-order chi connectivity index (χ0) is 23.6. The molecule has 0 amide bonds.